The summed E-state index contributed by atoms with van der Waals surface area (Å²) in [6.07, 6.45) is 4.82. The summed E-state index contributed by atoms with van der Waals surface area (Å²) >= 11 is 0. The van der Waals surface area contributed by atoms with E-state index in [4.69, 9.17) is 13.9 Å². The van der Waals surface area contributed by atoms with Crippen molar-refractivity contribution < 1.29 is 18.7 Å². The molecular weight excluding hydrogens is 268 g/mol. The number of hydrogen-bond donors (Lipinski definition) is 0. The van der Waals surface area contributed by atoms with Crippen molar-refractivity contribution in [2.24, 2.45) is 11.3 Å². The standard InChI is InChI=1S/C17H22O4/c1-9-8-19-12-7-17-13(21-17)6-5-10(2)16(17,4)15(14(9)12)20-11(3)18/h8,10,13,15H,5-7H2,1-4H3/t10-,13-,15+,16-,17-/m0/s1. The molecule has 4 heteroatoms. The van der Waals surface area contributed by atoms with Gasteiger partial charge in [0.1, 0.15) is 17.5 Å². The van der Waals surface area contributed by atoms with Gasteiger partial charge in [-0.2, -0.15) is 0 Å². The number of epoxide rings is 1. The molecule has 4 rings (SSSR count). The summed E-state index contributed by atoms with van der Waals surface area (Å²) in [7, 11) is 0. The van der Waals surface area contributed by atoms with Crippen molar-refractivity contribution in [2.45, 2.75) is 64.8 Å². The quantitative estimate of drug-likeness (QED) is 0.588. The minimum Gasteiger partial charge on any atom is -0.469 e. The lowest BCUT2D eigenvalue weighted by atomic mass is 9.53. The third kappa shape index (κ3) is 1.47. The molecule has 2 fully saturated rings. The van der Waals surface area contributed by atoms with E-state index in [2.05, 4.69) is 13.8 Å². The van der Waals surface area contributed by atoms with Gasteiger partial charge in [-0.05, 0) is 31.2 Å². The van der Waals surface area contributed by atoms with Crippen LogP contribution in [0.4, 0.5) is 0 Å². The molecule has 5 atom stereocenters. The molecular formula is C17H22O4. The molecule has 1 aromatic rings. The molecule has 1 aliphatic heterocycles. The van der Waals surface area contributed by atoms with E-state index in [0.29, 0.717) is 5.92 Å². The number of carbonyl (C=O) groups is 1. The van der Waals surface area contributed by atoms with E-state index in [1.165, 1.54) is 6.92 Å². The van der Waals surface area contributed by atoms with Gasteiger partial charge in [0.25, 0.3) is 0 Å². The topological polar surface area (TPSA) is 52.0 Å². The van der Waals surface area contributed by atoms with Crippen molar-refractivity contribution in [3.63, 3.8) is 0 Å². The van der Waals surface area contributed by atoms with Crippen LogP contribution in [0.3, 0.4) is 0 Å². The van der Waals surface area contributed by atoms with Crippen LogP contribution >= 0.6 is 0 Å². The average molecular weight is 290 g/mol. The molecule has 0 bridgehead atoms. The Morgan fingerprint density at radius 1 is 1.43 bits per heavy atom. The Kier molecular flexibility index (Phi) is 2.49. The van der Waals surface area contributed by atoms with Crippen LogP contribution < -0.4 is 0 Å². The first-order valence-electron chi connectivity index (χ1n) is 7.82. The summed E-state index contributed by atoms with van der Waals surface area (Å²) in [4.78, 5) is 11.7. The van der Waals surface area contributed by atoms with Crippen molar-refractivity contribution in [3.8, 4) is 0 Å². The smallest absolute Gasteiger partial charge is 0.303 e. The Balaban J connectivity index is 1.90. The summed E-state index contributed by atoms with van der Waals surface area (Å²) in [6, 6.07) is 0. The van der Waals surface area contributed by atoms with E-state index in [0.717, 1.165) is 36.1 Å². The van der Waals surface area contributed by atoms with E-state index >= 15 is 0 Å². The molecule has 3 aliphatic rings. The van der Waals surface area contributed by atoms with Crippen LogP contribution in [0.25, 0.3) is 0 Å². The van der Waals surface area contributed by atoms with Gasteiger partial charge in [-0.3, -0.25) is 4.79 Å². The Morgan fingerprint density at radius 3 is 2.90 bits per heavy atom. The molecule has 0 radical (unpaired) electrons. The average Bonchev–Trinajstić information content (AvgIpc) is 3.02. The summed E-state index contributed by atoms with van der Waals surface area (Å²) in [5, 5.41) is 0. The zero-order chi connectivity index (χ0) is 15.0. The minimum atomic E-state index is -0.266. The van der Waals surface area contributed by atoms with Crippen LogP contribution in [-0.2, 0) is 20.7 Å². The minimum absolute atomic E-state index is 0.177. The molecule has 0 aromatic carbocycles. The SMILES string of the molecule is CC(=O)O[C@@H]1c2c(C)coc2C[C@]23O[C@H]2CC[C@H](C)[C@@]13C. The highest BCUT2D eigenvalue weighted by atomic mass is 16.6. The van der Waals surface area contributed by atoms with Crippen LogP contribution in [0.15, 0.2) is 10.7 Å². The largest absolute Gasteiger partial charge is 0.469 e. The van der Waals surface area contributed by atoms with Crippen LogP contribution in [-0.4, -0.2) is 17.7 Å². The molecule has 0 N–H and O–H groups in total. The predicted molar refractivity (Wildman–Crippen MR) is 75.8 cm³/mol. The summed E-state index contributed by atoms with van der Waals surface area (Å²) in [6.45, 7) is 8.01. The predicted octanol–water partition coefficient (Wildman–Crippen LogP) is 3.32. The summed E-state index contributed by atoms with van der Waals surface area (Å²) in [5.74, 6) is 1.15. The highest BCUT2D eigenvalue weighted by Crippen LogP contribution is 2.69. The van der Waals surface area contributed by atoms with Crippen LogP contribution in [0, 0.1) is 18.3 Å². The van der Waals surface area contributed by atoms with Crippen LogP contribution in [0.1, 0.15) is 56.6 Å². The van der Waals surface area contributed by atoms with Gasteiger partial charge in [-0.25, -0.2) is 0 Å². The van der Waals surface area contributed by atoms with E-state index in [1.807, 2.05) is 6.92 Å². The van der Waals surface area contributed by atoms with Crippen molar-refractivity contribution in [1.29, 1.82) is 0 Å². The van der Waals surface area contributed by atoms with Gasteiger partial charge in [0.2, 0.25) is 0 Å². The molecule has 114 valence electrons. The first-order valence-corrected chi connectivity index (χ1v) is 7.82. The Hall–Kier alpha value is -1.29. The lowest BCUT2D eigenvalue weighted by Gasteiger charge is -2.50. The third-order valence-electron chi connectivity index (χ3n) is 6.23. The molecule has 4 nitrogen and oxygen atoms in total. The Morgan fingerprint density at radius 2 is 2.19 bits per heavy atom. The maximum absolute atomic E-state index is 11.7. The van der Waals surface area contributed by atoms with Gasteiger partial charge in [-0.1, -0.05) is 13.8 Å². The molecule has 1 saturated heterocycles. The van der Waals surface area contributed by atoms with Crippen LogP contribution in [0.5, 0.6) is 0 Å². The number of aryl methyl sites for hydroxylation is 1. The number of rotatable bonds is 1. The van der Waals surface area contributed by atoms with E-state index < -0.39 is 0 Å². The van der Waals surface area contributed by atoms with Crippen molar-refractivity contribution in [3.05, 3.63) is 23.2 Å². The summed E-state index contributed by atoms with van der Waals surface area (Å²) in [5.41, 5.74) is 1.76. The van der Waals surface area contributed by atoms with E-state index in [9.17, 15) is 4.79 Å². The molecule has 1 spiro atoms. The van der Waals surface area contributed by atoms with Gasteiger partial charge in [0.05, 0.1) is 12.4 Å². The normalized spacial score (nSPS) is 43.5. The van der Waals surface area contributed by atoms with Crippen molar-refractivity contribution >= 4 is 5.97 Å². The molecule has 1 saturated carbocycles. The molecule has 0 unspecified atom stereocenters. The lowest BCUT2D eigenvalue weighted by molar-refractivity contribution is -0.166. The van der Waals surface area contributed by atoms with Gasteiger partial charge < -0.3 is 13.9 Å². The number of carbonyl (C=O) groups excluding carboxylic acids is 1. The van der Waals surface area contributed by atoms with Crippen LogP contribution in [0.2, 0.25) is 0 Å². The van der Waals surface area contributed by atoms with Crippen molar-refractivity contribution in [1.82, 2.24) is 0 Å². The van der Waals surface area contributed by atoms with E-state index in [-0.39, 0.29) is 29.2 Å². The highest BCUT2D eigenvalue weighted by molar-refractivity contribution is 5.67. The molecule has 2 heterocycles. The number of ether oxygens (including phenoxy) is 2. The fourth-order valence-electron chi connectivity index (χ4n) is 4.81. The third-order valence-corrected chi connectivity index (χ3v) is 6.23. The molecule has 0 amide bonds. The monoisotopic (exact) mass is 290 g/mol. The van der Waals surface area contributed by atoms with Gasteiger partial charge in [-0.15, -0.1) is 0 Å². The highest BCUT2D eigenvalue weighted by Gasteiger charge is 2.75. The molecule has 2 aliphatic carbocycles. The Labute approximate surface area is 124 Å². The zero-order valence-electron chi connectivity index (χ0n) is 13.1. The second-order valence-corrected chi connectivity index (χ2v) is 7.18. The fraction of sp³-hybridized carbons (Fsp3) is 0.706. The van der Waals surface area contributed by atoms with Crippen molar-refractivity contribution in [2.75, 3.05) is 0 Å². The van der Waals surface area contributed by atoms with Gasteiger partial charge in [0.15, 0.2) is 0 Å². The lowest BCUT2D eigenvalue weighted by Crippen LogP contribution is -2.54. The van der Waals surface area contributed by atoms with E-state index in [1.54, 1.807) is 6.26 Å². The maximum atomic E-state index is 11.7. The Bertz CT molecular complexity index is 618. The number of fused-ring (bicyclic) bond motifs is 1. The van der Waals surface area contributed by atoms with Gasteiger partial charge >= 0.3 is 5.97 Å². The fourth-order valence-corrected chi connectivity index (χ4v) is 4.81. The molecule has 21 heavy (non-hydrogen) atoms. The van der Waals surface area contributed by atoms with Gasteiger partial charge in [0, 0.05) is 24.3 Å². The maximum Gasteiger partial charge on any atom is 0.303 e. The number of esters is 1. The first-order chi connectivity index (χ1) is 9.90. The second-order valence-electron chi connectivity index (χ2n) is 7.18. The first kappa shape index (κ1) is 13.4. The zero-order valence-corrected chi connectivity index (χ0v) is 13.1. The molecule has 1 aromatic heterocycles. The number of hydrogen-bond acceptors (Lipinski definition) is 4. The number of furan rings is 1. The second kappa shape index (κ2) is 3.92. The summed E-state index contributed by atoms with van der Waals surface area (Å²) < 4.78 is 17.7.